The second-order valence-corrected chi connectivity index (χ2v) is 9.90. The number of fused-ring (bicyclic) bond motifs is 3. The minimum atomic E-state index is -0.439. The van der Waals surface area contributed by atoms with Gasteiger partial charge in [0.2, 0.25) is 0 Å². The molecule has 0 saturated carbocycles. The predicted octanol–water partition coefficient (Wildman–Crippen LogP) is 4.40. The minimum Gasteiger partial charge on any atom is -0.486 e. The van der Waals surface area contributed by atoms with Crippen molar-refractivity contribution in [2.24, 2.45) is 5.41 Å². The van der Waals surface area contributed by atoms with E-state index in [2.05, 4.69) is 21.0 Å². The third-order valence-corrected chi connectivity index (χ3v) is 7.82. The van der Waals surface area contributed by atoms with Crippen LogP contribution in [-0.2, 0) is 12.8 Å². The maximum atomic E-state index is 15.5. The molecule has 5 heterocycles. The normalized spacial score (nSPS) is 18.3. The van der Waals surface area contributed by atoms with Crippen molar-refractivity contribution in [3.63, 3.8) is 0 Å². The van der Waals surface area contributed by atoms with E-state index in [1.165, 1.54) is 11.3 Å². The Bertz CT molecular complexity index is 1430. The summed E-state index contributed by atoms with van der Waals surface area (Å²) in [6.45, 7) is 4.53. The Morgan fingerprint density at radius 1 is 1.00 bits per heavy atom. The van der Waals surface area contributed by atoms with Gasteiger partial charge in [0.1, 0.15) is 18.7 Å². The van der Waals surface area contributed by atoms with Crippen LogP contribution in [0.2, 0.25) is 0 Å². The van der Waals surface area contributed by atoms with Crippen LogP contribution >= 0.6 is 0 Å². The Hall–Kier alpha value is -3.68. The monoisotopic (exact) mass is 471 g/mol. The lowest BCUT2D eigenvalue weighted by Crippen LogP contribution is -2.41. The van der Waals surface area contributed by atoms with Gasteiger partial charge >= 0.3 is 0 Å². The molecule has 0 amide bonds. The number of pyridine rings is 1. The third kappa shape index (κ3) is 3.19. The number of aryl methyl sites for hydroxylation is 1. The number of piperidine rings is 1. The van der Waals surface area contributed by atoms with E-state index >= 15 is 4.39 Å². The van der Waals surface area contributed by atoms with Gasteiger partial charge in [0.15, 0.2) is 23.1 Å². The second kappa shape index (κ2) is 7.66. The average molecular weight is 472 g/mol. The van der Waals surface area contributed by atoms with E-state index in [0.29, 0.717) is 35.6 Å². The number of benzene rings is 1. The summed E-state index contributed by atoms with van der Waals surface area (Å²) in [5.74, 6) is 1.06. The van der Waals surface area contributed by atoms with Gasteiger partial charge in [-0.2, -0.15) is 5.10 Å². The Balaban J connectivity index is 1.22. The number of aromatic nitrogens is 4. The second-order valence-electron chi connectivity index (χ2n) is 9.90. The van der Waals surface area contributed by atoms with E-state index in [1.807, 2.05) is 29.8 Å². The number of anilines is 1. The van der Waals surface area contributed by atoms with Gasteiger partial charge in [0.05, 0.1) is 17.6 Å². The Labute approximate surface area is 202 Å². The molecule has 1 aliphatic carbocycles. The molecular formula is C27H26FN5O2. The SMILES string of the molecule is Cc1nc(N2CCC3(CC2)Cc2cccnc2C3)c2ccnn2c1-c1ccc2c(c1F)OCCO2. The van der Waals surface area contributed by atoms with E-state index in [9.17, 15) is 0 Å². The van der Waals surface area contributed by atoms with Gasteiger partial charge in [-0.05, 0) is 67.9 Å². The van der Waals surface area contributed by atoms with E-state index in [1.54, 1.807) is 18.3 Å². The van der Waals surface area contributed by atoms with E-state index in [-0.39, 0.29) is 5.75 Å². The molecule has 3 aliphatic rings. The first-order chi connectivity index (χ1) is 17.1. The zero-order chi connectivity index (χ0) is 23.6. The van der Waals surface area contributed by atoms with E-state index in [4.69, 9.17) is 14.5 Å². The molecule has 0 atom stereocenters. The van der Waals surface area contributed by atoms with Crippen LogP contribution < -0.4 is 14.4 Å². The highest BCUT2D eigenvalue weighted by Gasteiger charge is 2.41. The van der Waals surface area contributed by atoms with Gasteiger partial charge < -0.3 is 14.4 Å². The highest BCUT2D eigenvalue weighted by Crippen LogP contribution is 2.45. The molecule has 35 heavy (non-hydrogen) atoms. The maximum Gasteiger partial charge on any atom is 0.197 e. The topological polar surface area (TPSA) is 64.8 Å². The van der Waals surface area contributed by atoms with Crippen molar-refractivity contribution < 1.29 is 13.9 Å². The highest BCUT2D eigenvalue weighted by molar-refractivity contribution is 5.77. The molecule has 7 rings (SSSR count). The largest absolute Gasteiger partial charge is 0.486 e. The molecule has 8 heteroatoms. The highest BCUT2D eigenvalue weighted by atomic mass is 19.1. The zero-order valence-electron chi connectivity index (χ0n) is 19.6. The van der Waals surface area contributed by atoms with Crippen LogP contribution in [0, 0.1) is 18.2 Å². The molecule has 3 aromatic heterocycles. The standard InChI is InChI=1S/C27H26FN5O2/c1-17-24(19-4-5-22-25(23(19)28)35-14-13-34-22)33-21(6-10-30-33)26(31-17)32-11-7-27(8-12-32)15-18-3-2-9-29-20(18)16-27/h2-6,9-10H,7-8,11-16H2,1H3. The first kappa shape index (κ1) is 20.7. The molecule has 0 unspecified atom stereocenters. The van der Waals surface area contributed by atoms with Crippen molar-refractivity contribution in [2.45, 2.75) is 32.6 Å². The summed E-state index contributed by atoms with van der Waals surface area (Å²) < 4.78 is 28.4. The van der Waals surface area contributed by atoms with E-state index < -0.39 is 5.82 Å². The van der Waals surface area contributed by atoms with Gasteiger partial charge in [-0.25, -0.2) is 13.9 Å². The van der Waals surface area contributed by atoms with Crippen molar-refractivity contribution in [3.8, 4) is 22.8 Å². The Kier molecular flexibility index (Phi) is 4.53. The molecule has 1 spiro atoms. The smallest absolute Gasteiger partial charge is 0.197 e. The first-order valence-electron chi connectivity index (χ1n) is 12.2. The lowest BCUT2D eigenvalue weighted by molar-refractivity contribution is 0.164. The Morgan fingerprint density at radius 2 is 1.86 bits per heavy atom. The number of hydrogen-bond acceptors (Lipinski definition) is 6. The molecule has 1 saturated heterocycles. The molecule has 1 aromatic carbocycles. The van der Waals surface area contributed by atoms with Crippen molar-refractivity contribution in [3.05, 3.63) is 65.5 Å². The fourth-order valence-electron chi connectivity index (χ4n) is 6.04. The van der Waals surface area contributed by atoms with Crippen LogP contribution in [0.15, 0.2) is 42.7 Å². The molecule has 0 N–H and O–H groups in total. The fourth-order valence-corrected chi connectivity index (χ4v) is 6.04. The Morgan fingerprint density at radius 3 is 2.71 bits per heavy atom. The molecular weight excluding hydrogens is 445 g/mol. The molecule has 2 aliphatic heterocycles. The van der Waals surface area contributed by atoms with Crippen LogP contribution in [0.25, 0.3) is 16.8 Å². The molecule has 0 radical (unpaired) electrons. The van der Waals surface area contributed by atoms with E-state index in [0.717, 1.165) is 55.8 Å². The summed E-state index contributed by atoms with van der Waals surface area (Å²) in [6, 6.07) is 9.71. The van der Waals surface area contributed by atoms with Gasteiger partial charge in [-0.1, -0.05) is 6.07 Å². The quantitative estimate of drug-likeness (QED) is 0.432. The van der Waals surface area contributed by atoms with Gasteiger partial charge in [-0.15, -0.1) is 0 Å². The average Bonchev–Trinajstić information content (AvgIpc) is 3.50. The zero-order valence-corrected chi connectivity index (χ0v) is 19.6. The summed E-state index contributed by atoms with van der Waals surface area (Å²) in [7, 11) is 0. The van der Waals surface area contributed by atoms with Crippen molar-refractivity contribution in [1.29, 1.82) is 0 Å². The summed E-state index contributed by atoms with van der Waals surface area (Å²) >= 11 is 0. The van der Waals surface area contributed by atoms with Crippen molar-refractivity contribution in [2.75, 3.05) is 31.2 Å². The molecule has 0 bridgehead atoms. The van der Waals surface area contributed by atoms with Crippen LogP contribution in [0.5, 0.6) is 11.5 Å². The van der Waals surface area contributed by atoms with Crippen LogP contribution in [-0.4, -0.2) is 45.9 Å². The molecule has 178 valence electrons. The van der Waals surface area contributed by atoms with Gasteiger partial charge in [-0.3, -0.25) is 4.98 Å². The summed E-state index contributed by atoms with van der Waals surface area (Å²) in [5.41, 5.74) is 5.62. The number of rotatable bonds is 2. The summed E-state index contributed by atoms with van der Waals surface area (Å²) in [5, 5.41) is 4.57. The molecule has 7 nitrogen and oxygen atoms in total. The summed E-state index contributed by atoms with van der Waals surface area (Å²) in [6.07, 6.45) is 8.03. The third-order valence-electron chi connectivity index (χ3n) is 7.82. The van der Waals surface area contributed by atoms with Crippen LogP contribution in [0.4, 0.5) is 10.2 Å². The number of nitrogens with zero attached hydrogens (tertiary/aromatic N) is 5. The molecule has 4 aromatic rings. The lowest BCUT2D eigenvalue weighted by atomic mass is 9.76. The van der Waals surface area contributed by atoms with Gasteiger partial charge in [0.25, 0.3) is 0 Å². The first-order valence-corrected chi connectivity index (χ1v) is 12.2. The van der Waals surface area contributed by atoms with Gasteiger partial charge in [0, 0.05) is 30.5 Å². The van der Waals surface area contributed by atoms with Crippen molar-refractivity contribution in [1.82, 2.24) is 19.6 Å². The maximum absolute atomic E-state index is 15.5. The molecule has 1 fully saturated rings. The summed E-state index contributed by atoms with van der Waals surface area (Å²) in [4.78, 5) is 12.0. The number of halogens is 1. The van der Waals surface area contributed by atoms with Crippen LogP contribution in [0.3, 0.4) is 0 Å². The number of hydrogen-bond donors (Lipinski definition) is 0. The predicted molar refractivity (Wildman–Crippen MR) is 130 cm³/mol. The lowest BCUT2D eigenvalue weighted by Gasteiger charge is -2.40. The minimum absolute atomic E-state index is 0.158. The number of ether oxygens (including phenoxy) is 2. The van der Waals surface area contributed by atoms with Crippen molar-refractivity contribution >= 4 is 11.3 Å². The fraction of sp³-hybridized carbons (Fsp3) is 0.370. The van der Waals surface area contributed by atoms with Crippen LogP contribution in [0.1, 0.15) is 29.8 Å².